The lowest BCUT2D eigenvalue weighted by molar-refractivity contribution is 0.555. The van der Waals surface area contributed by atoms with Crippen LogP contribution in [0.15, 0.2) is 12.3 Å². The fourth-order valence-electron chi connectivity index (χ4n) is 0.658. The molecule has 1 atom stereocenters. The highest BCUT2D eigenvalue weighted by molar-refractivity contribution is 5.12. The quantitative estimate of drug-likeness (QED) is 0.456. The second-order valence-corrected chi connectivity index (χ2v) is 1.81. The molecule has 0 spiro atoms. The summed E-state index contributed by atoms with van der Waals surface area (Å²) in [4.78, 5) is 1.88. The van der Waals surface area contributed by atoms with Crippen molar-refractivity contribution in [3.05, 3.63) is 18.8 Å². The Morgan fingerprint density at radius 2 is 2.50 bits per heavy atom. The second-order valence-electron chi connectivity index (χ2n) is 1.81. The van der Waals surface area contributed by atoms with Crippen molar-refractivity contribution in [1.29, 1.82) is 5.26 Å². The van der Waals surface area contributed by atoms with E-state index in [1.165, 1.54) is 0 Å². The largest absolute Gasteiger partial charge is 0.374 e. The van der Waals surface area contributed by atoms with E-state index in [1.807, 2.05) is 30.8 Å². The maximum atomic E-state index is 8.32. The lowest BCUT2D eigenvalue weighted by atomic mass is 10.2. The molecule has 41 valence electrons. The van der Waals surface area contributed by atoms with E-state index in [2.05, 4.69) is 6.07 Å². The van der Waals surface area contributed by atoms with Crippen molar-refractivity contribution in [3.8, 4) is 6.07 Å². The standard InChI is InChI=1S/C6H7N2/c1-8-3-2-6(4-7)5-8/h2-3,5-6H,1H3. The zero-order chi connectivity index (χ0) is 5.98. The van der Waals surface area contributed by atoms with Crippen LogP contribution in [0.5, 0.6) is 0 Å². The molecule has 0 saturated carbocycles. The third-order valence-corrected chi connectivity index (χ3v) is 1.07. The highest BCUT2D eigenvalue weighted by Gasteiger charge is 2.10. The number of rotatable bonds is 0. The zero-order valence-corrected chi connectivity index (χ0v) is 4.70. The van der Waals surface area contributed by atoms with Gasteiger partial charge in [-0.3, -0.25) is 0 Å². The van der Waals surface area contributed by atoms with E-state index < -0.39 is 0 Å². The smallest absolute Gasteiger partial charge is 0.0884 e. The van der Waals surface area contributed by atoms with Crippen LogP contribution in [0.3, 0.4) is 0 Å². The molecule has 0 N–H and O–H groups in total. The molecule has 2 heteroatoms. The molecule has 1 aliphatic rings. The number of hydrogen-bond acceptors (Lipinski definition) is 2. The van der Waals surface area contributed by atoms with Gasteiger partial charge in [0.15, 0.2) is 0 Å². The molecule has 1 radical (unpaired) electrons. The van der Waals surface area contributed by atoms with Gasteiger partial charge in [-0.25, -0.2) is 0 Å². The maximum Gasteiger partial charge on any atom is 0.0884 e. The average Bonchev–Trinajstić information content (AvgIpc) is 2.14. The molecule has 1 rings (SSSR count). The minimum absolute atomic E-state index is 0.000000000000000444. The summed E-state index contributed by atoms with van der Waals surface area (Å²) in [7, 11) is 1.91. The molecule has 1 unspecified atom stereocenters. The summed E-state index contributed by atoms with van der Waals surface area (Å²) in [5.74, 6) is -0.000000000000000444. The van der Waals surface area contributed by atoms with Gasteiger partial charge >= 0.3 is 0 Å². The minimum atomic E-state index is -0.000000000000000444. The van der Waals surface area contributed by atoms with Crippen molar-refractivity contribution in [1.82, 2.24) is 4.90 Å². The first-order valence-corrected chi connectivity index (χ1v) is 2.48. The van der Waals surface area contributed by atoms with Crippen molar-refractivity contribution in [2.45, 2.75) is 0 Å². The van der Waals surface area contributed by atoms with Crippen molar-refractivity contribution in [2.24, 2.45) is 5.92 Å². The Bertz CT molecular complexity index is 143. The summed E-state index contributed by atoms with van der Waals surface area (Å²) >= 11 is 0. The number of nitriles is 1. The summed E-state index contributed by atoms with van der Waals surface area (Å²) in [6.45, 7) is 1.86. The molecule has 2 nitrogen and oxygen atoms in total. The third-order valence-electron chi connectivity index (χ3n) is 1.07. The van der Waals surface area contributed by atoms with Gasteiger partial charge in [0.1, 0.15) is 0 Å². The van der Waals surface area contributed by atoms with Crippen LogP contribution < -0.4 is 0 Å². The van der Waals surface area contributed by atoms with Crippen molar-refractivity contribution < 1.29 is 0 Å². The Morgan fingerprint density at radius 1 is 1.75 bits per heavy atom. The zero-order valence-electron chi connectivity index (χ0n) is 4.70. The van der Waals surface area contributed by atoms with Crippen LogP contribution in [0.2, 0.25) is 0 Å². The summed E-state index contributed by atoms with van der Waals surface area (Å²) in [6, 6.07) is 2.11. The Kier molecular flexibility index (Phi) is 1.21. The van der Waals surface area contributed by atoms with Gasteiger partial charge < -0.3 is 4.90 Å². The highest BCUT2D eigenvalue weighted by Crippen LogP contribution is 2.12. The molecule has 1 aliphatic heterocycles. The first-order valence-electron chi connectivity index (χ1n) is 2.48. The monoisotopic (exact) mass is 107 g/mol. The Labute approximate surface area is 49.0 Å². The van der Waals surface area contributed by atoms with Crippen LogP contribution in [-0.2, 0) is 0 Å². The van der Waals surface area contributed by atoms with E-state index in [4.69, 9.17) is 5.26 Å². The molecule has 0 aromatic carbocycles. The molecule has 0 fully saturated rings. The maximum absolute atomic E-state index is 8.32. The summed E-state index contributed by atoms with van der Waals surface area (Å²) in [5, 5.41) is 8.32. The predicted molar refractivity (Wildman–Crippen MR) is 30.3 cm³/mol. The average molecular weight is 107 g/mol. The van der Waals surface area contributed by atoms with Crippen molar-refractivity contribution in [3.63, 3.8) is 0 Å². The van der Waals surface area contributed by atoms with Crippen molar-refractivity contribution >= 4 is 0 Å². The van der Waals surface area contributed by atoms with Crippen LogP contribution in [0.1, 0.15) is 0 Å². The van der Waals surface area contributed by atoms with Crippen LogP contribution >= 0.6 is 0 Å². The number of nitrogens with zero attached hydrogens (tertiary/aromatic N) is 2. The molecule has 0 aromatic rings. The lowest BCUT2D eigenvalue weighted by Gasteiger charge is -2.04. The van der Waals surface area contributed by atoms with E-state index in [0.29, 0.717) is 0 Å². The van der Waals surface area contributed by atoms with Crippen molar-refractivity contribution in [2.75, 3.05) is 7.05 Å². The highest BCUT2D eigenvalue weighted by atomic mass is 15.1. The molecule has 8 heavy (non-hydrogen) atoms. The molecule has 0 aliphatic carbocycles. The predicted octanol–water partition coefficient (Wildman–Crippen LogP) is 0.747. The van der Waals surface area contributed by atoms with Gasteiger partial charge in [-0.2, -0.15) is 5.26 Å². The van der Waals surface area contributed by atoms with Gasteiger partial charge in [0.05, 0.1) is 18.5 Å². The van der Waals surface area contributed by atoms with E-state index in [-0.39, 0.29) is 5.92 Å². The molecular weight excluding hydrogens is 100 g/mol. The fourth-order valence-corrected chi connectivity index (χ4v) is 0.658. The molecule has 0 aromatic heterocycles. The second kappa shape index (κ2) is 1.87. The van der Waals surface area contributed by atoms with Gasteiger partial charge in [0, 0.05) is 7.05 Å². The Morgan fingerprint density at radius 3 is 2.75 bits per heavy atom. The van der Waals surface area contributed by atoms with Crippen LogP contribution in [0, 0.1) is 23.8 Å². The van der Waals surface area contributed by atoms with E-state index in [0.717, 1.165) is 0 Å². The lowest BCUT2D eigenvalue weighted by Crippen LogP contribution is -2.03. The Hall–Kier alpha value is -0.970. The molecule has 0 amide bonds. The topological polar surface area (TPSA) is 27.0 Å². The van der Waals surface area contributed by atoms with Crippen LogP contribution in [0.4, 0.5) is 0 Å². The SMILES string of the molecule is CN1[CH]C(C#N)C=C1. The summed E-state index contributed by atoms with van der Waals surface area (Å²) < 4.78 is 0. The van der Waals surface area contributed by atoms with Gasteiger partial charge in [-0.1, -0.05) is 0 Å². The normalized spacial score (nSPS) is 26.0. The number of hydrogen-bond donors (Lipinski definition) is 0. The minimum Gasteiger partial charge on any atom is -0.374 e. The first kappa shape index (κ1) is 5.17. The molecule has 1 heterocycles. The summed E-state index contributed by atoms with van der Waals surface area (Å²) in [5.41, 5.74) is 0. The van der Waals surface area contributed by atoms with Gasteiger partial charge in [0.2, 0.25) is 0 Å². The van der Waals surface area contributed by atoms with E-state index >= 15 is 0 Å². The van der Waals surface area contributed by atoms with Crippen LogP contribution in [0.25, 0.3) is 0 Å². The third kappa shape index (κ3) is 0.812. The first-order chi connectivity index (χ1) is 3.83. The van der Waals surface area contributed by atoms with E-state index in [9.17, 15) is 0 Å². The van der Waals surface area contributed by atoms with Gasteiger partial charge in [0.25, 0.3) is 0 Å². The van der Waals surface area contributed by atoms with Crippen LogP contribution in [-0.4, -0.2) is 11.9 Å². The Balaban J connectivity index is 2.49. The molecule has 0 saturated heterocycles. The van der Waals surface area contributed by atoms with Gasteiger partial charge in [-0.15, -0.1) is 0 Å². The van der Waals surface area contributed by atoms with Gasteiger partial charge in [-0.05, 0) is 12.3 Å². The summed E-state index contributed by atoms with van der Waals surface area (Å²) in [6.07, 6.45) is 3.74. The molecule has 0 bridgehead atoms. The fraction of sp³-hybridized carbons (Fsp3) is 0.333. The van der Waals surface area contributed by atoms with E-state index in [1.54, 1.807) is 0 Å². The molecular formula is C6H7N2.